The summed E-state index contributed by atoms with van der Waals surface area (Å²) in [4.78, 5) is 2.24. The highest BCUT2D eigenvalue weighted by atomic mass is 79.9. The first-order valence-electron chi connectivity index (χ1n) is 5.71. The summed E-state index contributed by atoms with van der Waals surface area (Å²) in [5, 5.41) is 9.37. The lowest BCUT2D eigenvalue weighted by molar-refractivity contribution is 0.282. The Balaban J connectivity index is 2.86. The number of aliphatic hydroxyl groups excluding tert-OH is 1. The summed E-state index contributed by atoms with van der Waals surface area (Å²) in [5.74, 6) is 1.16. The zero-order valence-electron chi connectivity index (χ0n) is 10.6. The largest absolute Gasteiger partial charge is 0.392 e. The van der Waals surface area contributed by atoms with Crippen molar-refractivity contribution in [3.63, 3.8) is 0 Å². The van der Waals surface area contributed by atoms with Crippen LogP contribution in [0, 0.1) is 0 Å². The fourth-order valence-corrected chi connectivity index (χ4v) is 2.64. The third-order valence-corrected chi connectivity index (χ3v) is 4.14. The van der Waals surface area contributed by atoms with E-state index in [9.17, 15) is 5.11 Å². The van der Waals surface area contributed by atoms with Gasteiger partial charge in [0.1, 0.15) is 0 Å². The second kappa shape index (κ2) is 7.29. The van der Waals surface area contributed by atoms with Crippen molar-refractivity contribution in [1.82, 2.24) is 0 Å². The molecule has 0 aliphatic carbocycles. The average molecular weight is 318 g/mol. The van der Waals surface area contributed by atoms with E-state index in [-0.39, 0.29) is 6.61 Å². The minimum atomic E-state index is 0.0855. The summed E-state index contributed by atoms with van der Waals surface area (Å²) in [6.45, 7) is 2.31. The van der Waals surface area contributed by atoms with E-state index in [1.54, 1.807) is 0 Å². The fraction of sp³-hybridized carbons (Fsp3) is 0.538. The van der Waals surface area contributed by atoms with Gasteiger partial charge in [0.25, 0.3) is 0 Å². The predicted octanol–water partition coefficient (Wildman–Crippen LogP) is 3.52. The molecule has 0 radical (unpaired) electrons. The number of halogens is 1. The number of thioether (sulfide) groups is 1. The molecule has 0 aliphatic heterocycles. The fourth-order valence-electron chi connectivity index (χ4n) is 1.72. The number of hydrogen-bond donors (Lipinski definition) is 1. The molecule has 0 amide bonds. The van der Waals surface area contributed by atoms with Gasteiger partial charge in [0.2, 0.25) is 0 Å². The number of nitrogens with zero attached hydrogens (tertiary/aromatic N) is 1. The van der Waals surface area contributed by atoms with E-state index in [2.05, 4.69) is 47.1 Å². The molecule has 1 atom stereocenters. The number of rotatable bonds is 6. The molecule has 1 rings (SSSR count). The molecular formula is C13H20BrNOS. The lowest BCUT2D eigenvalue weighted by Gasteiger charge is -2.29. The van der Waals surface area contributed by atoms with Gasteiger partial charge in [0, 0.05) is 28.8 Å². The molecule has 1 N–H and O–H groups in total. The average Bonchev–Trinajstić information content (AvgIpc) is 2.34. The van der Waals surface area contributed by atoms with Gasteiger partial charge >= 0.3 is 0 Å². The maximum absolute atomic E-state index is 9.37. The Bertz CT molecular complexity index is 359. The van der Waals surface area contributed by atoms with Crippen LogP contribution in [0.3, 0.4) is 0 Å². The number of hydrogen-bond acceptors (Lipinski definition) is 3. The Morgan fingerprint density at radius 2 is 2.18 bits per heavy atom. The molecule has 0 bridgehead atoms. The number of benzene rings is 1. The molecule has 0 spiro atoms. The standard InChI is InChI=1S/C13H20BrNOS/c1-10(6-7-17-3)15(2)13-8-12(14)5-4-11(13)9-16/h4-5,8,10,16H,6-7,9H2,1-3H3. The SMILES string of the molecule is CSCCC(C)N(C)c1cc(Br)ccc1CO. The van der Waals surface area contributed by atoms with E-state index < -0.39 is 0 Å². The molecule has 17 heavy (non-hydrogen) atoms. The topological polar surface area (TPSA) is 23.5 Å². The second-order valence-corrected chi connectivity index (χ2v) is 6.07. The van der Waals surface area contributed by atoms with Crippen molar-refractivity contribution < 1.29 is 5.11 Å². The normalized spacial score (nSPS) is 12.5. The van der Waals surface area contributed by atoms with E-state index in [0.717, 1.165) is 27.9 Å². The van der Waals surface area contributed by atoms with Gasteiger partial charge in [-0.25, -0.2) is 0 Å². The van der Waals surface area contributed by atoms with E-state index in [1.807, 2.05) is 23.9 Å². The van der Waals surface area contributed by atoms with Crippen molar-refractivity contribution in [2.24, 2.45) is 0 Å². The molecule has 0 fully saturated rings. The van der Waals surface area contributed by atoms with Crippen LogP contribution in [0.2, 0.25) is 0 Å². The zero-order chi connectivity index (χ0) is 12.8. The molecule has 0 saturated heterocycles. The van der Waals surface area contributed by atoms with Crippen LogP contribution in [0.25, 0.3) is 0 Å². The smallest absolute Gasteiger partial charge is 0.0702 e. The van der Waals surface area contributed by atoms with Gasteiger partial charge in [-0.05, 0) is 37.5 Å². The van der Waals surface area contributed by atoms with Crippen LogP contribution < -0.4 is 4.90 Å². The Kier molecular flexibility index (Phi) is 6.38. The van der Waals surface area contributed by atoms with Crippen LogP contribution in [0.5, 0.6) is 0 Å². The van der Waals surface area contributed by atoms with Gasteiger partial charge < -0.3 is 10.0 Å². The summed E-state index contributed by atoms with van der Waals surface area (Å²) in [5.41, 5.74) is 2.09. The van der Waals surface area contributed by atoms with E-state index in [0.29, 0.717) is 6.04 Å². The van der Waals surface area contributed by atoms with Gasteiger partial charge in [-0.3, -0.25) is 0 Å². The van der Waals surface area contributed by atoms with E-state index in [4.69, 9.17) is 0 Å². The molecule has 2 nitrogen and oxygen atoms in total. The minimum absolute atomic E-state index is 0.0855. The quantitative estimate of drug-likeness (QED) is 0.868. The van der Waals surface area contributed by atoms with Crippen molar-refractivity contribution in [2.75, 3.05) is 24.0 Å². The molecular weight excluding hydrogens is 298 g/mol. The first kappa shape index (κ1) is 14.9. The Morgan fingerprint density at radius 3 is 2.76 bits per heavy atom. The minimum Gasteiger partial charge on any atom is -0.392 e. The van der Waals surface area contributed by atoms with Gasteiger partial charge in [0.05, 0.1) is 6.61 Å². The zero-order valence-corrected chi connectivity index (χ0v) is 13.0. The molecule has 0 aromatic heterocycles. The molecule has 0 saturated carbocycles. The van der Waals surface area contributed by atoms with Gasteiger partial charge in [0.15, 0.2) is 0 Å². The first-order valence-corrected chi connectivity index (χ1v) is 7.90. The summed E-state index contributed by atoms with van der Waals surface area (Å²) < 4.78 is 1.05. The van der Waals surface area contributed by atoms with Crippen LogP contribution >= 0.6 is 27.7 Å². The third kappa shape index (κ3) is 4.19. The van der Waals surface area contributed by atoms with Crippen LogP contribution in [-0.2, 0) is 6.61 Å². The number of anilines is 1. The lowest BCUT2D eigenvalue weighted by Crippen LogP contribution is -2.30. The predicted molar refractivity (Wildman–Crippen MR) is 80.9 cm³/mol. The molecule has 0 heterocycles. The Hall–Kier alpha value is -0.190. The van der Waals surface area contributed by atoms with Crippen molar-refractivity contribution in [2.45, 2.75) is 26.0 Å². The van der Waals surface area contributed by atoms with Crippen LogP contribution in [0.15, 0.2) is 22.7 Å². The second-order valence-electron chi connectivity index (χ2n) is 4.17. The van der Waals surface area contributed by atoms with E-state index >= 15 is 0 Å². The van der Waals surface area contributed by atoms with Crippen LogP contribution in [0.1, 0.15) is 18.9 Å². The maximum Gasteiger partial charge on any atom is 0.0702 e. The van der Waals surface area contributed by atoms with Gasteiger partial charge in [-0.15, -0.1) is 0 Å². The van der Waals surface area contributed by atoms with Crippen molar-refractivity contribution in [3.8, 4) is 0 Å². The molecule has 1 aromatic rings. The Labute approximate surface area is 117 Å². The van der Waals surface area contributed by atoms with Crippen molar-refractivity contribution in [1.29, 1.82) is 0 Å². The third-order valence-electron chi connectivity index (χ3n) is 3.00. The summed E-state index contributed by atoms with van der Waals surface area (Å²) in [7, 11) is 2.09. The van der Waals surface area contributed by atoms with Crippen LogP contribution in [-0.4, -0.2) is 30.2 Å². The highest BCUT2D eigenvalue weighted by Crippen LogP contribution is 2.26. The summed E-state index contributed by atoms with van der Waals surface area (Å²) in [6.07, 6.45) is 3.28. The van der Waals surface area contributed by atoms with Gasteiger partial charge in [-0.2, -0.15) is 11.8 Å². The summed E-state index contributed by atoms with van der Waals surface area (Å²) in [6, 6.07) is 6.48. The maximum atomic E-state index is 9.37. The molecule has 4 heteroatoms. The molecule has 1 aromatic carbocycles. The highest BCUT2D eigenvalue weighted by Gasteiger charge is 2.13. The molecule has 0 aliphatic rings. The monoisotopic (exact) mass is 317 g/mol. The van der Waals surface area contributed by atoms with Crippen molar-refractivity contribution in [3.05, 3.63) is 28.2 Å². The molecule has 1 unspecified atom stereocenters. The van der Waals surface area contributed by atoms with Crippen LogP contribution in [0.4, 0.5) is 5.69 Å². The highest BCUT2D eigenvalue weighted by molar-refractivity contribution is 9.10. The van der Waals surface area contributed by atoms with Crippen molar-refractivity contribution >= 4 is 33.4 Å². The number of aliphatic hydroxyl groups is 1. The Morgan fingerprint density at radius 1 is 1.47 bits per heavy atom. The molecule has 96 valence electrons. The first-order chi connectivity index (χ1) is 8.10. The van der Waals surface area contributed by atoms with Gasteiger partial charge in [-0.1, -0.05) is 22.0 Å². The lowest BCUT2D eigenvalue weighted by atomic mass is 10.1. The van der Waals surface area contributed by atoms with E-state index in [1.165, 1.54) is 0 Å². The summed E-state index contributed by atoms with van der Waals surface area (Å²) >= 11 is 5.35.